The third-order valence-corrected chi connectivity index (χ3v) is 6.24. The van der Waals surface area contributed by atoms with Crippen LogP contribution in [0, 0.1) is 13.8 Å². The van der Waals surface area contributed by atoms with E-state index in [-0.39, 0.29) is 5.56 Å². The van der Waals surface area contributed by atoms with Gasteiger partial charge in [0.05, 0.1) is 0 Å². The van der Waals surface area contributed by atoms with Gasteiger partial charge in [-0.2, -0.15) is 0 Å². The van der Waals surface area contributed by atoms with Crippen LogP contribution < -0.4 is 5.56 Å². The van der Waals surface area contributed by atoms with E-state index in [9.17, 15) is 4.79 Å². The molecule has 0 aliphatic rings. The normalized spacial score (nSPS) is 11.4. The number of hydrogen-bond acceptors (Lipinski definition) is 4. The van der Waals surface area contributed by atoms with Crippen LogP contribution in [0.1, 0.15) is 41.3 Å². The van der Waals surface area contributed by atoms with Crippen LogP contribution in [0.2, 0.25) is 0 Å². The summed E-state index contributed by atoms with van der Waals surface area (Å²) in [7, 11) is 0. The van der Waals surface area contributed by atoms with E-state index in [0.29, 0.717) is 12.2 Å². The van der Waals surface area contributed by atoms with Gasteiger partial charge in [-0.3, -0.25) is 9.31 Å². The maximum Gasteiger partial charge on any atom is 0.274 e. The van der Waals surface area contributed by atoms with Crippen LogP contribution >= 0.6 is 0 Å². The smallest absolute Gasteiger partial charge is 0.267 e. The largest absolute Gasteiger partial charge is 0.274 e. The lowest BCUT2D eigenvalue weighted by Crippen LogP contribution is -2.15. The van der Waals surface area contributed by atoms with Gasteiger partial charge in [0, 0.05) is 35.6 Å². The first-order valence-corrected chi connectivity index (χ1v) is 11.2. The molecule has 3 heterocycles. The molecule has 0 aliphatic heterocycles. The number of nitrogens with zero attached hydrogens (tertiary/aromatic N) is 5. The molecule has 0 bridgehead atoms. The maximum absolute atomic E-state index is 13.3. The number of fused-ring (bicyclic) bond motifs is 1. The average Bonchev–Trinajstić information content (AvgIpc) is 3.45. The molecule has 5 aromatic rings. The van der Waals surface area contributed by atoms with Gasteiger partial charge in [0.1, 0.15) is 0 Å². The van der Waals surface area contributed by atoms with E-state index in [1.54, 1.807) is 4.52 Å². The van der Waals surface area contributed by atoms with E-state index < -0.39 is 0 Å². The number of aromatic amines is 1. The number of H-pyrrole nitrogens is 1. The van der Waals surface area contributed by atoms with Gasteiger partial charge in [0.15, 0.2) is 5.82 Å². The van der Waals surface area contributed by atoms with Crippen molar-refractivity contribution in [1.29, 1.82) is 0 Å². The molecule has 7 nitrogen and oxygen atoms in total. The minimum Gasteiger partial charge on any atom is -0.267 e. The first-order chi connectivity index (χ1) is 16.1. The van der Waals surface area contributed by atoms with Crippen LogP contribution in [-0.4, -0.2) is 29.7 Å². The second kappa shape index (κ2) is 8.50. The fourth-order valence-corrected chi connectivity index (χ4v) is 4.36. The fourth-order valence-electron chi connectivity index (χ4n) is 4.36. The molecule has 5 rings (SSSR count). The van der Waals surface area contributed by atoms with Crippen LogP contribution in [0.15, 0.2) is 65.7 Å². The molecule has 1 N–H and O–H groups in total. The van der Waals surface area contributed by atoms with Gasteiger partial charge < -0.3 is 0 Å². The molecule has 0 atom stereocenters. The van der Waals surface area contributed by atoms with Crippen LogP contribution in [-0.2, 0) is 12.8 Å². The molecule has 0 amide bonds. The molecule has 2 aromatic carbocycles. The molecule has 0 spiro atoms. The SMILES string of the molecule is CCCc1c(Cc2ccc(-c3ccccc3-c3nnn[nH]3)cc2)c(=O)n2cc(C)c(C)cn12. The van der Waals surface area contributed by atoms with Crippen molar-refractivity contribution in [2.45, 2.75) is 40.0 Å². The Bertz CT molecular complexity index is 1480. The molecule has 0 radical (unpaired) electrons. The second-order valence-electron chi connectivity index (χ2n) is 8.46. The van der Waals surface area contributed by atoms with Gasteiger partial charge in [0.2, 0.25) is 0 Å². The zero-order chi connectivity index (χ0) is 22.9. The third-order valence-electron chi connectivity index (χ3n) is 6.24. The number of nitrogens with one attached hydrogen (secondary N) is 1. The van der Waals surface area contributed by atoms with Crippen LogP contribution in [0.5, 0.6) is 0 Å². The number of hydrogen-bond donors (Lipinski definition) is 1. The number of benzene rings is 2. The molecule has 166 valence electrons. The number of tetrazole rings is 1. The summed E-state index contributed by atoms with van der Waals surface area (Å²) in [4.78, 5) is 13.3. The number of aromatic nitrogens is 6. The topological polar surface area (TPSA) is 80.3 Å². The predicted octanol–water partition coefficient (Wildman–Crippen LogP) is 4.41. The van der Waals surface area contributed by atoms with E-state index >= 15 is 0 Å². The van der Waals surface area contributed by atoms with Crippen molar-refractivity contribution in [3.63, 3.8) is 0 Å². The summed E-state index contributed by atoms with van der Waals surface area (Å²) in [5.41, 5.74) is 8.50. The summed E-state index contributed by atoms with van der Waals surface area (Å²) in [5, 5.41) is 14.3. The quantitative estimate of drug-likeness (QED) is 0.426. The Morgan fingerprint density at radius 2 is 1.61 bits per heavy atom. The van der Waals surface area contributed by atoms with E-state index in [0.717, 1.165) is 51.9 Å². The Morgan fingerprint density at radius 1 is 0.909 bits per heavy atom. The van der Waals surface area contributed by atoms with E-state index in [1.807, 2.05) is 35.8 Å². The summed E-state index contributed by atoms with van der Waals surface area (Å²) in [5.74, 6) is 0.637. The van der Waals surface area contributed by atoms with Crippen molar-refractivity contribution in [2.75, 3.05) is 0 Å². The fraction of sp³-hybridized carbons (Fsp3) is 0.231. The molecule has 3 aromatic heterocycles. The van der Waals surface area contributed by atoms with Gasteiger partial charge in [0.25, 0.3) is 5.56 Å². The number of aryl methyl sites for hydroxylation is 3. The monoisotopic (exact) mass is 438 g/mol. The predicted molar refractivity (Wildman–Crippen MR) is 128 cm³/mol. The lowest BCUT2D eigenvalue weighted by Gasteiger charge is -2.09. The van der Waals surface area contributed by atoms with Gasteiger partial charge in [-0.15, -0.1) is 5.10 Å². The van der Waals surface area contributed by atoms with Crippen LogP contribution in [0.4, 0.5) is 0 Å². The van der Waals surface area contributed by atoms with Crippen molar-refractivity contribution in [1.82, 2.24) is 29.7 Å². The molecule has 0 saturated carbocycles. The average molecular weight is 439 g/mol. The van der Waals surface area contributed by atoms with Crippen LogP contribution in [0.25, 0.3) is 22.5 Å². The Hall–Kier alpha value is -4.00. The maximum atomic E-state index is 13.3. The van der Waals surface area contributed by atoms with Crippen molar-refractivity contribution in [3.8, 4) is 22.5 Å². The van der Waals surface area contributed by atoms with Gasteiger partial charge >= 0.3 is 0 Å². The van der Waals surface area contributed by atoms with Gasteiger partial charge in [-0.25, -0.2) is 9.61 Å². The molecular formula is C26H26N6O. The first kappa shape index (κ1) is 20.9. The highest BCUT2D eigenvalue weighted by Gasteiger charge is 2.17. The molecule has 0 saturated heterocycles. The van der Waals surface area contributed by atoms with Crippen molar-refractivity contribution < 1.29 is 0 Å². The Labute approximate surface area is 191 Å². The van der Waals surface area contributed by atoms with Crippen molar-refractivity contribution in [2.24, 2.45) is 0 Å². The van der Waals surface area contributed by atoms with Crippen molar-refractivity contribution in [3.05, 3.63) is 99.2 Å². The molecule has 0 aliphatic carbocycles. The van der Waals surface area contributed by atoms with Gasteiger partial charge in [-0.05, 0) is 58.5 Å². The Kier molecular flexibility index (Phi) is 5.38. The van der Waals surface area contributed by atoms with Crippen molar-refractivity contribution >= 4 is 0 Å². The molecule has 0 fully saturated rings. The number of rotatable bonds is 6. The molecule has 33 heavy (non-hydrogen) atoms. The second-order valence-corrected chi connectivity index (χ2v) is 8.46. The summed E-state index contributed by atoms with van der Waals surface area (Å²) in [6, 6.07) is 16.4. The summed E-state index contributed by atoms with van der Waals surface area (Å²) in [6.07, 6.45) is 6.47. The van der Waals surface area contributed by atoms with E-state index in [4.69, 9.17) is 0 Å². The molecule has 0 unspecified atom stereocenters. The van der Waals surface area contributed by atoms with Crippen LogP contribution in [0.3, 0.4) is 0 Å². The Morgan fingerprint density at radius 3 is 2.27 bits per heavy atom. The Balaban J connectivity index is 1.52. The first-order valence-electron chi connectivity index (χ1n) is 11.2. The minimum atomic E-state index is 0.0637. The molecule has 7 heteroatoms. The van der Waals surface area contributed by atoms with E-state index in [2.05, 4.69) is 71.0 Å². The third kappa shape index (κ3) is 3.75. The lowest BCUT2D eigenvalue weighted by atomic mass is 9.96. The highest BCUT2D eigenvalue weighted by molar-refractivity contribution is 5.80. The highest BCUT2D eigenvalue weighted by Crippen LogP contribution is 2.30. The minimum absolute atomic E-state index is 0.0637. The standard InChI is InChI=1S/C26H26N6O/c1-4-7-24-23(26(33)32-16-18(3)17(2)15-31(24)32)14-19-10-12-20(13-11-19)21-8-5-6-9-22(21)25-27-29-30-28-25/h5-6,8-13,15-16H,4,7,14H2,1-3H3,(H,27,28,29,30). The van der Waals surface area contributed by atoms with E-state index in [1.165, 1.54) is 5.56 Å². The molecular weight excluding hydrogens is 412 g/mol. The highest BCUT2D eigenvalue weighted by atomic mass is 16.1. The summed E-state index contributed by atoms with van der Waals surface area (Å²) in [6.45, 7) is 6.27. The summed E-state index contributed by atoms with van der Waals surface area (Å²) < 4.78 is 3.78. The van der Waals surface area contributed by atoms with Gasteiger partial charge in [-0.1, -0.05) is 61.9 Å². The summed E-state index contributed by atoms with van der Waals surface area (Å²) >= 11 is 0. The zero-order valence-corrected chi connectivity index (χ0v) is 19.0. The lowest BCUT2D eigenvalue weighted by molar-refractivity contribution is 0.726. The zero-order valence-electron chi connectivity index (χ0n) is 19.0.